The third-order valence-corrected chi connectivity index (χ3v) is 2.79. The summed E-state index contributed by atoms with van der Waals surface area (Å²) in [4.78, 5) is 0. The van der Waals surface area contributed by atoms with Gasteiger partial charge < -0.3 is 4.42 Å². The summed E-state index contributed by atoms with van der Waals surface area (Å²) in [5.74, 6) is 0. The molecule has 0 radical (unpaired) electrons. The fraction of sp³-hybridized carbons (Fsp3) is 0.455. The first-order chi connectivity index (χ1) is 5.63. The van der Waals surface area contributed by atoms with Crippen molar-refractivity contribution in [3.8, 4) is 0 Å². The van der Waals surface area contributed by atoms with Crippen molar-refractivity contribution in [1.29, 1.82) is 0 Å². The molecule has 2 rings (SSSR count). The summed E-state index contributed by atoms with van der Waals surface area (Å²) in [6.07, 6.45) is 1.15. The first-order valence-electron chi connectivity index (χ1n) is 4.46. The molecule has 0 unspecified atom stereocenters. The van der Waals surface area contributed by atoms with Gasteiger partial charge in [-0.2, -0.15) is 0 Å². The maximum absolute atomic E-state index is 5.50. The lowest BCUT2D eigenvalue weighted by Gasteiger charge is -2.21. The molecular formula is C11H14O. The van der Waals surface area contributed by atoms with Crippen LogP contribution in [0.4, 0.5) is 0 Å². The van der Waals surface area contributed by atoms with E-state index in [-0.39, 0.29) is 5.41 Å². The van der Waals surface area contributed by atoms with Gasteiger partial charge in [0.15, 0.2) is 0 Å². The first kappa shape index (κ1) is 7.66. The lowest BCUT2D eigenvalue weighted by Crippen LogP contribution is -2.14. The molecule has 0 atom stereocenters. The van der Waals surface area contributed by atoms with E-state index in [2.05, 4.69) is 32.9 Å². The fourth-order valence-electron chi connectivity index (χ4n) is 1.51. The lowest BCUT2D eigenvalue weighted by molar-refractivity contribution is 0.506. The smallest absolute Gasteiger partial charge is 0.131 e. The highest BCUT2D eigenvalue weighted by Crippen LogP contribution is 2.34. The summed E-state index contributed by atoms with van der Waals surface area (Å²) < 4.78 is 5.50. The van der Waals surface area contributed by atoms with E-state index in [4.69, 9.17) is 4.42 Å². The highest BCUT2D eigenvalue weighted by atomic mass is 16.3. The molecule has 0 aliphatic heterocycles. The molecule has 0 aliphatic carbocycles. The van der Waals surface area contributed by atoms with Gasteiger partial charge in [0.05, 0.1) is 0 Å². The normalized spacial score (nSPS) is 12.9. The molecule has 0 N–H and O–H groups in total. The Labute approximate surface area is 72.7 Å². The molecule has 2 bridgehead atoms. The molecule has 2 heterocycles. The minimum absolute atomic E-state index is 0.252. The van der Waals surface area contributed by atoms with Crippen molar-refractivity contribution >= 4 is 11.2 Å². The van der Waals surface area contributed by atoms with E-state index in [1.807, 2.05) is 6.07 Å². The Bertz CT molecular complexity index is 370. The molecule has 0 amide bonds. The standard InChI is InChI=1S/C11H14O/c1-4-11(2,3)9-7-8-5-6-10(9)12-8/h5-7H,4H2,1-3H3. The fourth-order valence-corrected chi connectivity index (χ4v) is 1.51. The SMILES string of the molecule is CCC(C)(C)c1cc2ccc1o2. The van der Waals surface area contributed by atoms with Gasteiger partial charge in [0.1, 0.15) is 11.2 Å². The number of rotatable bonds is 2. The Morgan fingerprint density at radius 3 is 2.50 bits per heavy atom. The van der Waals surface area contributed by atoms with E-state index < -0.39 is 0 Å². The minimum atomic E-state index is 0.252. The van der Waals surface area contributed by atoms with Crippen LogP contribution in [-0.4, -0.2) is 0 Å². The van der Waals surface area contributed by atoms with Gasteiger partial charge in [-0.1, -0.05) is 20.8 Å². The average molecular weight is 162 g/mol. The molecule has 1 nitrogen and oxygen atoms in total. The molecule has 0 aliphatic rings. The van der Waals surface area contributed by atoms with E-state index in [1.165, 1.54) is 5.56 Å². The molecule has 12 heavy (non-hydrogen) atoms. The second kappa shape index (κ2) is 2.25. The van der Waals surface area contributed by atoms with Crippen molar-refractivity contribution in [1.82, 2.24) is 0 Å². The zero-order valence-corrected chi connectivity index (χ0v) is 7.85. The van der Waals surface area contributed by atoms with Crippen LogP contribution < -0.4 is 0 Å². The largest absolute Gasteiger partial charge is 0.457 e. The minimum Gasteiger partial charge on any atom is -0.457 e. The number of hydrogen-bond donors (Lipinski definition) is 0. The van der Waals surface area contributed by atoms with Crippen molar-refractivity contribution < 1.29 is 4.42 Å². The molecule has 0 fully saturated rings. The third-order valence-electron chi connectivity index (χ3n) is 2.79. The Kier molecular flexibility index (Phi) is 1.44. The molecule has 2 aromatic heterocycles. The molecule has 0 saturated heterocycles. The van der Waals surface area contributed by atoms with Gasteiger partial charge in [-0.25, -0.2) is 0 Å². The van der Waals surface area contributed by atoms with Crippen molar-refractivity contribution in [3.05, 3.63) is 23.8 Å². The van der Waals surface area contributed by atoms with Gasteiger partial charge in [-0.05, 0) is 30.0 Å². The Morgan fingerprint density at radius 2 is 2.08 bits per heavy atom. The quantitative estimate of drug-likeness (QED) is 0.658. The van der Waals surface area contributed by atoms with Crippen LogP contribution >= 0.6 is 0 Å². The molecular weight excluding hydrogens is 148 g/mol. The van der Waals surface area contributed by atoms with Crippen LogP contribution in [-0.2, 0) is 5.41 Å². The van der Waals surface area contributed by atoms with Crippen molar-refractivity contribution in [2.24, 2.45) is 0 Å². The van der Waals surface area contributed by atoms with E-state index in [9.17, 15) is 0 Å². The van der Waals surface area contributed by atoms with Gasteiger partial charge in [0.2, 0.25) is 0 Å². The van der Waals surface area contributed by atoms with Gasteiger partial charge in [-0.3, -0.25) is 0 Å². The summed E-state index contributed by atoms with van der Waals surface area (Å²) in [5.41, 5.74) is 3.66. The van der Waals surface area contributed by atoms with E-state index in [0.29, 0.717) is 0 Å². The highest BCUT2D eigenvalue weighted by molar-refractivity contribution is 5.67. The Balaban J connectivity index is 2.53. The molecule has 0 saturated carbocycles. The van der Waals surface area contributed by atoms with Crippen LogP contribution in [0.15, 0.2) is 22.6 Å². The summed E-state index contributed by atoms with van der Waals surface area (Å²) in [6.45, 7) is 6.72. The topological polar surface area (TPSA) is 13.1 Å². The zero-order valence-electron chi connectivity index (χ0n) is 7.85. The number of hydrogen-bond acceptors (Lipinski definition) is 1. The molecule has 2 aromatic rings. The number of benzene rings is 1. The van der Waals surface area contributed by atoms with Gasteiger partial charge in [0, 0.05) is 5.56 Å². The molecule has 0 aromatic carbocycles. The maximum Gasteiger partial charge on any atom is 0.131 e. The van der Waals surface area contributed by atoms with Crippen LogP contribution in [0.1, 0.15) is 32.8 Å². The van der Waals surface area contributed by atoms with Crippen molar-refractivity contribution in [2.75, 3.05) is 0 Å². The van der Waals surface area contributed by atoms with Crippen molar-refractivity contribution in [3.63, 3.8) is 0 Å². The van der Waals surface area contributed by atoms with Crippen LogP contribution in [0, 0.1) is 0 Å². The monoisotopic (exact) mass is 162 g/mol. The summed E-state index contributed by atoms with van der Waals surface area (Å²) >= 11 is 0. The predicted octanol–water partition coefficient (Wildman–Crippen LogP) is 3.56. The van der Waals surface area contributed by atoms with Crippen LogP contribution in [0.5, 0.6) is 0 Å². The van der Waals surface area contributed by atoms with Crippen LogP contribution in [0.3, 0.4) is 0 Å². The summed E-state index contributed by atoms with van der Waals surface area (Å²) in [7, 11) is 0. The van der Waals surface area contributed by atoms with Gasteiger partial charge in [0.25, 0.3) is 0 Å². The average Bonchev–Trinajstić information content (AvgIpc) is 2.64. The Morgan fingerprint density at radius 1 is 1.33 bits per heavy atom. The second-order valence-electron chi connectivity index (χ2n) is 4.00. The summed E-state index contributed by atoms with van der Waals surface area (Å²) in [5, 5.41) is 0. The van der Waals surface area contributed by atoms with E-state index in [0.717, 1.165) is 17.6 Å². The predicted molar refractivity (Wildman–Crippen MR) is 50.7 cm³/mol. The highest BCUT2D eigenvalue weighted by Gasteiger charge is 2.23. The first-order valence-corrected chi connectivity index (χ1v) is 4.46. The summed E-state index contributed by atoms with van der Waals surface area (Å²) in [6, 6.07) is 6.23. The van der Waals surface area contributed by atoms with Crippen LogP contribution in [0.2, 0.25) is 0 Å². The lowest BCUT2D eigenvalue weighted by atomic mass is 9.82. The number of furan rings is 2. The molecule has 1 heteroatoms. The third kappa shape index (κ3) is 0.927. The van der Waals surface area contributed by atoms with Gasteiger partial charge in [-0.15, -0.1) is 0 Å². The second-order valence-corrected chi connectivity index (χ2v) is 4.00. The number of fused-ring (bicyclic) bond motifs is 2. The van der Waals surface area contributed by atoms with E-state index in [1.54, 1.807) is 0 Å². The van der Waals surface area contributed by atoms with Gasteiger partial charge >= 0.3 is 0 Å². The van der Waals surface area contributed by atoms with Crippen molar-refractivity contribution in [2.45, 2.75) is 32.6 Å². The molecule has 0 spiro atoms. The zero-order chi connectivity index (χ0) is 8.77. The van der Waals surface area contributed by atoms with Crippen LogP contribution in [0.25, 0.3) is 11.2 Å². The maximum atomic E-state index is 5.50. The Hall–Kier alpha value is -0.980. The van der Waals surface area contributed by atoms with E-state index >= 15 is 0 Å². The molecule has 64 valence electrons.